The number of rotatable bonds is 5. The van der Waals surface area contributed by atoms with E-state index >= 15 is 0 Å². The minimum Gasteiger partial charge on any atom is -0.492 e. The Hall–Kier alpha value is -2.11. The Labute approximate surface area is 145 Å². The number of nitrogens with one attached hydrogen (secondary N) is 2. The van der Waals surface area contributed by atoms with Crippen LogP contribution in [0.4, 0.5) is 0 Å². The number of hydrogen-bond acceptors (Lipinski definition) is 3. The van der Waals surface area contributed by atoms with Crippen molar-refractivity contribution in [3.05, 3.63) is 64.7 Å². The molecule has 0 saturated carbocycles. The second kappa shape index (κ2) is 8.50. The number of carbonyl (C=O) groups is 1. The zero-order chi connectivity index (χ0) is 16.7. The lowest BCUT2D eigenvalue weighted by molar-refractivity contribution is 0.0976. The van der Waals surface area contributed by atoms with E-state index in [-0.39, 0.29) is 11.0 Å². The van der Waals surface area contributed by atoms with Gasteiger partial charge in [0.05, 0.1) is 11.6 Å². The van der Waals surface area contributed by atoms with E-state index in [1.165, 1.54) is 0 Å². The van der Waals surface area contributed by atoms with E-state index in [0.717, 1.165) is 5.56 Å². The Morgan fingerprint density at radius 3 is 2.61 bits per heavy atom. The Morgan fingerprint density at radius 1 is 1.22 bits per heavy atom. The van der Waals surface area contributed by atoms with Crippen LogP contribution in [-0.2, 0) is 6.54 Å². The van der Waals surface area contributed by atoms with E-state index in [1.807, 2.05) is 37.3 Å². The van der Waals surface area contributed by atoms with Gasteiger partial charge in [-0.1, -0.05) is 41.9 Å². The number of thiocarbonyl (C=S) groups is 1. The highest BCUT2D eigenvalue weighted by Gasteiger charge is 2.10. The first-order chi connectivity index (χ1) is 11.1. The van der Waals surface area contributed by atoms with Crippen LogP contribution in [0.5, 0.6) is 5.75 Å². The summed E-state index contributed by atoms with van der Waals surface area (Å²) in [6.07, 6.45) is 0. The van der Waals surface area contributed by atoms with E-state index < -0.39 is 0 Å². The number of hydrogen-bond donors (Lipinski definition) is 2. The molecule has 0 bridgehead atoms. The van der Waals surface area contributed by atoms with Crippen molar-refractivity contribution in [1.29, 1.82) is 0 Å². The van der Waals surface area contributed by atoms with Gasteiger partial charge in [-0.15, -0.1) is 0 Å². The third-order valence-electron chi connectivity index (χ3n) is 3.02. The Kier molecular flexibility index (Phi) is 6.38. The van der Waals surface area contributed by atoms with Crippen LogP contribution in [0.3, 0.4) is 0 Å². The lowest BCUT2D eigenvalue weighted by Gasteiger charge is -2.11. The van der Waals surface area contributed by atoms with Crippen LogP contribution in [0.2, 0.25) is 5.02 Å². The zero-order valence-corrected chi connectivity index (χ0v) is 14.2. The van der Waals surface area contributed by atoms with Gasteiger partial charge < -0.3 is 10.1 Å². The molecule has 0 heterocycles. The number of amides is 1. The second-order valence-corrected chi connectivity index (χ2v) is 5.52. The maximum Gasteiger partial charge on any atom is 0.257 e. The molecule has 0 radical (unpaired) electrons. The largest absolute Gasteiger partial charge is 0.492 e. The van der Waals surface area contributed by atoms with Crippen molar-refractivity contribution in [2.75, 3.05) is 6.61 Å². The minimum absolute atomic E-state index is 0.267. The fourth-order valence-electron chi connectivity index (χ4n) is 1.91. The monoisotopic (exact) mass is 348 g/mol. The normalized spacial score (nSPS) is 10.0. The molecular formula is C17H17ClN2O2S. The predicted molar refractivity (Wildman–Crippen MR) is 96.0 cm³/mol. The first kappa shape index (κ1) is 17.2. The molecule has 0 spiro atoms. The van der Waals surface area contributed by atoms with Gasteiger partial charge in [-0.2, -0.15) is 0 Å². The molecule has 4 nitrogen and oxygen atoms in total. The van der Waals surface area contributed by atoms with Crippen LogP contribution in [0.1, 0.15) is 22.8 Å². The summed E-state index contributed by atoms with van der Waals surface area (Å²) in [5, 5.41) is 6.27. The molecule has 0 saturated heterocycles. The van der Waals surface area contributed by atoms with E-state index in [2.05, 4.69) is 10.6 Å². The van der Waals surface area contributed by atoms with Gasteiger partial charge >= 0.3 is 0 Å². The third-order valence-corrected chi connectivity index (χ3v) is 3.56. The standard InChI is InChI=1S/C17H17ClN2O2S/c1-2-22-15-9-8-13(10-14(15)18)16(21)20-17(23)19-11-12-6-4-3-5-7-12/h3-10H,2,11H2,1H3,(H2,19,20,21,23). The van der Waals surface area contributed by atoms with Gasteiger partial charge in [-0.05, 0) is 42.9 Å². The maximum absolute atomic E-state index is 12.1. The molecule has 0 aliphatic carbocycles. The van der Waals surface area contributed by atoms with Gasteiger partial charge in [0.15, 0.2) is 5.11 Å². The number of benzene rings is 2. The number of halogens is 1. The molecule has 2 rings (SSSR count). The van der Waals surface area contributed by atoms with E-state index in [1.54, 1.807) is 18.2 Å². The summed E-state index contributed by atoms with van der Waals surface area (Å²) in [4.78, 5) is 12.1. The topological polar surface area (TPSA) is 50.4 Å². The first-order valence-corrected chi connectivity index (χ1v) is 7.94. The van der Waals surface area contributed by atoms with Crippen LogP contribution >= 0.6 is 23.8 Å². The molecule has 2 aromatic rings. The van der Waals surface area contributed by atoms with Crippen molar-refractivity contribution in [2.24, 2.45) is 0 Å². The molecule has 0 atom stereocenters. The summed E-state index contributed by atoms with van der Waals surface area (Å²) in [6.45, 7) is 2.93. The highest BCUT2D eigenvalue weighted by atomic mass is 35.5. The van der Waals surface area contributed by atoms with Crippen LogP contribution in [0.25, 0.3) is 0 Å². The molecule has 0 unspecified atom stereocenters. The molecule has 6 heteroatoms. The number of ether oxygens (including phenoxy) is 1. The highest BCUT2D eigenvalue weighted by Crippen LogP contribution is 2.25. The smallest absolute Gasteiger partial charge is 0.257 e. The summed E-state index contributed by atoms with van der Waals surface area (Å²) in [5.74, 6) is 0.232. The van der Waals surface area contributed by atoms with Crippen molar-refractivity contribution in [2.45, 2.75) is 13.5 Å². The van der Waals surface area contributed by atoms with Crippen molar-refractivity contribution in [3.63, 3.8) is 0 Å². The Balaban J connectivity index is 1.90. The van der Waals surface area contributed by atoms with E-state index in [0.29, 0.717) is 29.5 Å². The van der Waals surface area contributed by atoms with Crippen molar-refractivity contribution >= 4 is 34.8 Å². The first-order valence-electron chi connectivity index (χ1n) is 7.15. The summed E-state index contributed by atoms with van der Waals surface area (Å²) < 4.78 is 5.34. The van der Waals surface area contributed by atoms with Crippen molar-refractivity contribution < 1.29 is 9.53 Å². The van der Waals surface area contributed by atoms with E-state index in [9.17, 15) is 4.79 Å². The molecule has 23 heavy (non-hydrogen) atoms. The molecule has 0 aromatic heterocycles. The molecule has 0 aliphatic rings. The quantitative estimate of drug-likeness (QED) is 0.811. The van der Waals surface area contributed by atoms with Gasteiger partial charge in [-0.25, -0.2) is 0 Å². The summed E-state index contributed by atoms with van der Waals surface area (Å²) in [7, 11) is 0. The molecular weight excluding hydrogens is 332 g/mol. The summed E-state index contributed by atoms with van der Waals surface area (Å²) >= 11 is 11.2. The van der Waals surface area contributed by atoms with Crippen molar-refractivity contribution in [3.8, 4) is 5.75 Å². The number of carbonyl (C=O) groups excluding carboxylic acids is 1. The molecule has 2 N–H and O–H groups in total. The molecule has 0 aliphatic heterocycles. The second-order valence-electron chi connectivity index (χ2n) is 4.70. The molecule has 0 fully saturated rings. The summed E-state index contributed by atoms with van der Waals surface area (Å²) in [5.41, 5.74) is 1.50. The van der Waals surface area contributed by atoms with Gasteiger partial charge in [-0.3, -0.25) is 10.1 Å². The summed E-state index contributed by atoms with van der Waals surface area (Å²) in [6, 6.07) is 14.7. The van der Waals surface area contributed by atoms with Crippen LogP contribution in [-0.4, -0.2) is 17.6 Å². The lowest BCUT2D eigenvalue weighted by Crippen LogP contribution is -2.38. The maximum atomic E-state index is 12.1. The van der Waals surface area contributed by atoms with Crippen LogP contribution in [0, 0.1) is 0 Å². The molecule has 120 valence electrons. The molecule has 1 amide bonds. The Morgan fingerprint density at radius 2 is 1.96 bits per heavy atom. The zero-order valence-electron chi connectivity index (χ0n) is 12.6. The fourth-order valence-corrected chi connectivity index (χ4v) is 2.31. The third kappa shape index (κ3) is 5.23. The van der Waals surface area contributed by atoms with Gasteiger partial charge in [0, 0.05) is 12.1 Å². The van der Waals surface area contributed by atoms with Crippen molar-refractivity contribution in [1.82, 2.24) is 10.6 Å². The van der Waals surface area contributed by atoms with Crippen LogP contribution < -0.4 is 15.4 Å². The average molecular weight is 349 g/mol. The fraction of sp³-hybridized carbons (Fsp3) is 0.176. The molecule has 2 aromatic carbocycles. The highest BCUT2D eigenvalue weighted by molar-refractivity contribution is 7.80. The minimum atomic E-state index is -0.319. The lowest BCUT2D eigenvalue weighted by atomic mass is 10.2. The van der Waals surface area contributed by atoms with Gasteiger partial charge in [0.2, 0.25) is 0 Å². The van der Waals surface area contributed by atoms with Crippen LogP contribution in [0.15, 0.2) is 48.5 Å². The van der Waals surface area contributed by atoms with Gasteiger partial charge in [0.25, 0.3) is 5.91 Å². The SMILES string of the molecule is CCOc1ccc(C(=O)NC(=S)NCc2ccccc2)cc1Cl. The van der Waals surface area contributed by atoms with E-state index in [4.69, 9.17) is 28.6 Å². The Bertz CT molecular complexity index is 692. The van der Waals surface area contributed by atoms with Gasteiger partial charge in [0.1, 0.15) is 5.75 Å². The average Bonchev–Trinajstić information content (AvgIpc) is 2.56. The predicted octanol–water partition coefficient (Wildman–Crippen LogP) is 3.54.